The molecule has 1 aliphatic rings. The van der Waals surface area contributed by atoms with Gasteiger partial charge in [0.2, 0.25) is 11.7 Å². The molecule has 1 atom stereocenters. The van der Waals surface area contributed by atoms with Crippen LogP contribution >= 0.6 is 0 Å². The number of carbonyl (C=O) groups excluding carboxylic acids is 1. The van der Waals surface area contributed by atoms with Crippen molar-refractivity contribution in [1.29, 1.82) is 0 Å². The lowest BCUT2D eigenvalue weighted by Crippen LogP contribution is -2.31. The van der Waals surface area contributed by atoms with E-state index in [1.807, 2.05) is 43.3 Å². The highest BCUT2D eigenvalue weighted by atomic mass is 16.2. The fourth-order valence-electron chi connectivity index (χ4n) is 3.20. The number of nitrogens with one attached hydrogen (secondary N) is 1. The monoisotopic (exact) mass is 333 g/mol. The first-order valence-electron chi connectivity index (χ1n) is 8.41. The molecule has 126 valence electrons. The number of aryl methyl sites for hydroxylation is 2. The van der Waals surface area contributed by atoms with E-state index in [0.29, 0.717) is 5.82 Å². The third-order valence-corrected chi connectivity index (χ3v) is 4.52. The van der Waals surface area contributed by atoms with Crippen LogP contribution in [0.1, 0.15) is 29.2 Å². The molecule has 0 saturated heterocycles. The van der Waals surface area contributed by atoms with Gasteiger partial charge in [-0.2, -0.15) is 4.80 Å². The van der Waals surface area contributed by atoms with Gasteiger partial charge in [-0.25, -0.2) is 0 Å². The Morgan fingerprint density at radius 1 is 1.20 bits per heavy atom. The van der Waals surface area contributed by atoms with Crippen LogP contribution in [0.15, 0.2) is 48.5 Å². The van der Waals surface area contributed by atoms with Gasteiger partial charge in [0.05, 0.1) is 6.04 Å². The zero-order chi connectivity index (χ0) is 17.2. The van der Waals surface area contributed by atoms with Crippen molar-refractivity contribution < 1.29 is 4.79 Å². The van der Waals surface area contributed by atoms with Crippen molar-refractivity contribution >= 4 is 5.91 Å². The van der Waals surface area contributed by atoms with Crippen LogP contribution in [-0.2, 0) is 17.8 Å². The lowest BCUT2D eigenvalue weighted by atomic mass is 10.1. The molecule has 4 rings (SSSR count). The number of nitrogens with zero attached hydrogens (tertiary/aromatic N) is 4. The minimum Gasteiger partial charge on any atom is -0.348 e. The molecule has 1 aliphatic carbocycles. The lowest BCUT2D eigenvalue weighted by Gasteiger charge is -2.13. The number of amides is 1. The molecule has 0 bridgehead atoms. The minimum atomic E-state index is -0.102. The Balaban J connectivity index is 1.41. The van der Waals surface area contributed by atoms with Gasteiger partial charge in [0.1, 0.15) is 6.54 Å². The maximum atomic E-state index is 12.3. The standard InChI is InChI=1S/C19H19N5O/c1-13-6-8-15(9-7-13)19-21-23-24(22-19)12-18(25)20-17-11-10-14-4-2-3-5-16(14)17/h2-9,17H,10-12H2,1H3,(H,20,25)/t17-/m0/s1. The van der Waals surface area contributed by atoms with Crippen LogP contribution in [0.25, 0.3) is 11.4 Å². The smallest absolute Gasteiger partial charge is 0.244 e. The van der Waals surface area contributed by atoms with Crippen molar-refractivity contribution in [3.05, 3.63) is 65.2 Å². The minimum absolute atomic E-state index is 0.0670. The molecule has 1 aromatic heterocycles. The van der Waals surface area contributed by atoms with Crippen LogP contribution in [0.3, 0.4) is 0 Å². The number of hydrogen-bond acceptors (Lipinski definition) is 4. The molecule has 0 unspecified atom stereocenters. The summed E-state index contributed by atoms with van der Waals surface area (Å²) in [4.78, 5) is 13.7. The van der Waals surface area contributed by atoms with Crippen LogP contribution in [0, 0.1) is 6.92 Å². The predicted molar refractivity (Wildman–Crippen MR) is 93.6 cm³/mol. The molecular formula is C19H19N5O. The first-order chi connectivity index (χ1) is 12.2. The van der Waals surface area contributed by atoms with Gasteiger partial charge in [-0.1, -0.05) is 54.1 Å². The fraction of sp³-hybridized carbons (Fsp3) is 0.263. The van der Waals surface area contributed by atoms with Crippen molar-refractivity contribution in [3.63, 3.8) is 0 Å². The highest BCUT2D eigenvalue weighted by Crippen LogP contribution is 2.30. The van der Waals surface area contributed by atoms with Gasteiger partial charge in [0, 0.05) is 5.56 Å². The van der Waals surface area contributed by atoms with Crippen LogP contribution in [0.4, 0.5) is 0 Å². The Morgan fingerprint density at radius 2 is 2.00 bits per heavy atom. The summed E-state index contributed by atoms with van der Waals surface area (Å²) in [7, 11) is 0. The number of carbonyl (C=O) groups is 1. The highest BCUT2D eigenvalue weighted by Gasteiger charge is 2.23. The van der Waals surface area contributed by atoms with Crippen LogP contribution in [-0.4, -0.2) is 26.1 Å². The van der Waals surface area contributed by atoms with Gasteiger partial charge in [-0.3, -0.25) is 4.79 Å². The highest BCUT2D eigenvalue weighted by molar-refractivity contribution is 5.76. The largest absolute Gasteiger partial charge is 0.348 e. The Bertz CT molecular complexity index is 900. The summed E-state index contributed by atoms with van der Waals surface area (Å²) in [6.45, 7) is 2.09. The molecule has 0 fully saturated rings. The van der Waals surface area contributed by atoms with Gasteiger partial charge < -0.3 is 5.32 Å². The van der Waals surface area contributed by atoms with Gasteiger partial charge in [-0.05, 0) is 36.1 Å². The van der Waals surface area contributed by atoms with E-state index in [0.717, 1.165) is 18.4 Å². The molecule has 1 amide bonds. The number of hydrogen-bond donors (Lipinski definition) is 1. The molecular weight excluding hydrogens is 314 g/mol. The summed E-state index contributed by atoms with van der Waals surface area (Å²) in [5.74, 6) is 0.425. The maximum absolute atomic E-state index is 12.3. The summed E-state index contributed by atoms with van der Waals surface area (Å²) >= 11 is 0. The second-order valence-electron chi connectivity index (χ2n) is 6.37. The van der Waals surface area contributed by atoms with Gasteiger partial charge in [0.25, 0.3) is 0 Å². The van der Waals surface area contributed by atoms with E-state index in [1.165, 1.54) is 21.5 Å². The van der Waals surface area contributed by atoms with E-state index >= 15 is 0 Å². The van der Waals surface area contributed by atoms with E-state index in [9.17, 15) is 4.79 Å². The van der Waals surface area contributed by atoms with E-state index in [-0.39, 0.29) is 18.5 Å². The van der Waals surface area contributed by atoms with Gasteiger partial charge >= 0.3 is 0 Å². The Hall–Kier alpha value is -3.02. The van der Waals surface area contributed by atoms with Crippen molar-refractivity contribution in [3.8, 4) is 11.4 Å². The van der Waals surface area contributed by atoms with E-state index in [1.54, 1.807) is 0 Å². The normalized spacial score (nSPS) is 15.8. The second-order valence-corrected chi connectivity index (χ2v) is 6.37. The summed E-state index contributed by atoms with van der Waals surface area (Å²) in [6.07, 6.45) is 1.94. The van der Waals surface area contributed by atoms with Crippen molar-refractivity contribution in [2.24, 2.45) is 0 Å². The Labute approximate surface area is 145 Å². The third kappa shape index (κ3) is 3.28. The van der Waals surface area contributed by atoms with Crippen LogP contribution in [0.5, 0.6) is 0 Å². The predicted octanol–water partition coefficient (Wildman–Crippen LogP) is 2.45. The zero-order valence-electron chi connectivity index (χ0n) is 14.0. The third-order valence-electron chi connectivity index (χ3n) is 4.52. The second kappa shape index (κ2) is 6.47. The van der Waals surface area contributed by atoms with Gasteiger partial charge in [0.15, 0.2) is 0 Å². The molecule has 1 N–H and O–H groups in total. The average molecular weight is 333 g/mol. The molecule has 0 radical (unpaired) electrons. The zero-order valence-corrected chi connectivity index (χ0v) is 14.0. The van der Waals surface area contributed by atoms with Crippen LogP contribution in [0.2, 0.25) is 0 Å². The Kier molecular flexibility index (Phi) is 4.01. The van der Waals surface area contributed by atoms with Crippen molar-refractivity contribution in [1.82, 2.24) is 25.5 Å². The first kappa shape index (κ1) is 15.5. The molecule has 0 saturated carbocycles. The average Bonchev–Trinajstić information content (AvgIpc) is 3.23. The molecule has 25 heavy (non-hydrogen) atoms. The first-order valence-corrected chi connectivity index (χ1v) is 8.41. The summed E-state index contributed by atoms with van der Waals surface area (Å²) < 4.78 is 0. The SMILES string of the molecule is Cc1ccc(-c2nnn(CC(=O)N[C@H]3CCc4ccccc43)n2)cc1. The fourth-order valence-corrected chi connectivity index (χ4v) is 3.20. The molecule has 0 aliphatic heterocycles. The van der Waals surface area contributed by atoms with E-state index in [4.69, 9.17) is 0 Å². The number of fused-ring (bicyclic) bond motifs is 1. The van der Waals surface area contributed by atoms with Crippen LogP contribution < -0.4 is 5.32 Å². The van der Waals surface area contributed by atoms with Gasteiger partial charge in [-0.15, -0.1) is 10.2 Å². The summed E-state index contributed by atoms with van der Waals surface area (Å²) in [6, 6.07) is 16.2. The molecule has 1 heterocycles. The molecule has 2 aromatic carbocycles. The lowest BCUT2D eigenvalue weighted by molar-refractivity contribution is -0.122. The van der Waals surface area contributed by atoms with E-state index < -0.39 is 0 Å². The summed E-state index contributed by atoms with van der Waals surface area (Å²) in [5.41, 5.74) is 4.59. The number of tetrazole rings is 1. The topological polar surface area (TPSA) is 72.7 Å². The quantitative estimate of drug-likeness (QED) is 0.796. The number of benzene rings is 2. The van der Waals surface area contributed by atoms with Crippen molar-refractivity contribution in [2.45, 2.75) is 32.4 Å². The van der Waals surface area contributed by atoms with Crippen molar-refractivity contribution in [2.75, 3.05) is 0 Å². The molecule has 3 aromatic rings. The molecule has 6 nitrogen and oxygen atoms in total. The van der Waals surface area contributed by atoms with E-state index in [2.05, 4.69) is 32.9 Å². The maximum Gasteiger partial charge on any atom is 0.244 e. The Morgan fingerprint density at radius 3 is 2.84 bits per heavy atom. The number of aromatic nitrogens is 4. The molecule has 0 spiro atoms. The number of rotatable bonds is 4. The molecule has 6 heteroatoms. The summed E-state index contributed by atoms with van der Waals surface area (Å²) in [5, 5.41) is 15.4.